The molecule has 5 rings (SSSR count). The zero-order valence-electron chi connectivity index (χ0n) is 17.5. The summed E-state index contributed by atoms with van der Waals surface area (Å²) >= 11 is 0. The third kappa shape index (κ3) is 4.04. The Morgan fingerprint density at radius 2 is 1.84 bits per heavy atom. The number of piperazine rings is 1. The van der Waals surface area contributed by atoms with E-state index in [2.05, 4.69) is 36.9 Å². The van der Waals surface area contributed by atoms with Gasteiger partial charge in [0.05, 0.1) is 18.3 Å². The molecule has 1 aliphatic rings. The number of Topliss-reactive ketones (excluding diaryl/α,β-unsaturated/α-hetero) is 1. The molecule has 9 heteroatoms. The minimum atomic E-state index is -0.113. The lowest BCUT2D eigenvalue weighted by atomic mass is 10.1. The normalized spacial score (nSPS) is 15.0. The molecule has 9 nitrogen and oxygen atoms in total. The first-order chi connectivity index (χ1) is 15.0. The average molecular weight is 417 g/mol. The molecule has 0 atom stereocenters. The number of fused-ring (bicyclic) bond motifs is 1. The van der Waals surface area contributed by atoms with Gasteiger partial charge in [-0.25, -0.2) is 0 Å². The van der Waals surface area contributed by atoms with Gasteiger partial charge in [0.2, 0.25) is 0 Å². The highest BCUT2D eigenvalue weighted by atomic mass is 16.4. The molecule has 1 aliphatic heterocycles. The van der Waals surface area contributed by atoms with E-state index >= 15 is 0 Å². The lowest BCUT2D eigenvalue weighted by molar-refractivity contribution is 0.0987. The van der Waals surface area contributed by atoms with Crippen LogP contribution in [0.15, 0.2) is 47.6 Å². The number of nitrogens with zero attached hydrogens (tertiary/aromatic N) is 7. The molecule has 0 radical (unpaired) electrons. The predicted octanol–water partition coefficient (Wildman–Crippen LogP) is 2.20. The SMILES string of the molecule is CN1CCN(c2nc(C(=O)Cc3cc4cc(-c5cnn(C)c5)ncc4cn3)co2)CC1. The fourth-order valence-corrected chi connectivity index (χ4v) is 3.68. The highest BCUT2D eigenvalue weighted by Gasteiger charge is 2.21. The van der Waals surface area contributed by atoms with Gasteiger partial charge in [0, 0.05) is 68.5 Å². The number of oxazole rings is 1. The summed E-state index contributed by atoms with van der Waals surface area (Å²) in [7, 11) is 3.96. The second-order valence-electron chi connectivity index (χ2n) is 7.90. The summed E-state index contributed by atoms with van der Waals surface area (Å²) in [4.78, 5) is 30.4. The second-order valence-corrected chi connectivity index (χ2v) is 7.90. The molecule has 0 N–H and O–H groups in total. The molecule has 5 heterocycles. The Balaban J connectivity index is 1.33. The van der Waals surface area contributed by atoms with Crippen molar-refractivity contribution in [3.05, 3.63) is 54.6 Å². The molecular formula is C22H23N7O2. The van der Waals surface area contributed by atoms with Crippen LogP contribution in [0.5, 0.6) is 0 Å². The summed E-state index contributed by atoms with van der Waals surface area (Å²) in [6, 6.07) is 4.43. The van der Waals surface area contributed by atoms with E-state index < -0.39 is 0 Å². The van der Waals surface area contributed by atoms with Crippen molar-refractivity contribution in [1.29, 1.82) is 0 Å². The van der Waals surface area contributed by atoms with Crippen LogP contribution in [0.3, 0.4) is 0 Å². The van der Waals surface area contributed by atoms with Crippen LogP contribution >= 0.6 is 0 Å². The van der Waals surface area contributed by atoms with Gasteiger partial charge < -0.3 is 14.2 Å². The molecule has 0 aromatic carbocycles. The number of carbonyl (C=O) groups excluding carboxylic acids is 1. The molecule has 0 aliphatic carbocycles. The highest BCUT2D eigenvalue weighted by molar-refractivity contribution is 5.96. The summed E-state index contributed by atoms with van der Waals surface area (Å²) in [6.45, 7) is 3.57. The number of rotatable bonds is 5. The molecule has 0 bridgehead atoms. The van der Waals surface area contributed by atoms with Gasteiger partial charge >= 0.3 is 0 Å². The molecule has 1 saturated heterocycles. The zero-order valence-corrected chi connectivity index (χ0v) is 17.5. The maximum atomic E-state index is 12.8. The van der Waals surface area contributed by atoms with Gasteiger partial charge in [-0.1, -0.05) is 0 Å². The Hall–Kier alpha value is -3.59. The van der Waals surface area contributed by atoms with Crippen LogP contribution in [0.25, 0.3) is 22.0 Å². The summed E-state index contributed by atoms with van der Waals surface area (Å²) in [5.41, 5.74) is 2.79. The van der Waals surface area contributed by atoms with Crippen LogP contribution in [0.2, 0.25) is 0 Å². The number of aromatic nitrogens is 5. The molecule has 31 heavy (non-hydrogen) atoms. The van der Waals surface area contributed by atoms with Crippen LogP contribution in [-0.4, -0.2) is 68.6 Å². The molecule has 0 saturated carbocycles. The minimum absolute atomic E-state index is 0.113. The van der Waals surface area contributed by atoms with E-state index in [9.17, 15) is 4.79 Å². The summed E-state index contributed by atoms with van der Waals surface area (Å²) in [5.74, 6) is -0.113. The second kappa shape index (κ2) is 7.92. The van der Waals surface area contributed by atoms with E-state index in [1.807, 2.05) is 25.4 Å². The van der Waals surface area contributed by atoms with E-state index in [4.69, 9.17) is 4.42 Å². The van der Waals surface area contributed by atoms with Gasteiger partial charge in [-0.05, 0) is 24.6 Å². The summed E-state index contributed by atoms with van der Waals surface area (Å²) < 4.78 is 7.32. The van der Waals surface area contributed by atoms with Gasteiger partial charge in [0.1, 0.15) is 12.0 Å². The maximum absolute atomic E-state index is 12.8. The van der Waals surface area contributed by atoms with Crippen molar-refractivity contribution in [2.75, 3.05) is 38.1 Å². The predicted molar refractivity (Wildman–Crippen MR) is 116 cm³/mol. The fourth-order valence-electron chi connectivity index (χ4n) is 3.68. The van der Waals surface area contributed by atoms with Crippen molar-refractivity contribution < 1.29 is 9.21 Å². The number of ketones is 1. The van der Waals surface area contributed by atoms with Crippen molar-refractivity contribution in [1.82, 2.24) is 29.6 Å². The number of likely N-dealkylation sites (N-methyl/N-ethyl adjacent to an activating group) is 1. The number of anilines is 1. The lowest BCUT2D eigenvalue weighted by Gasteiger charge is -2.31. The molecule has 0 spiro atoms. The fraction of sp³-hybridized carbons (Fsp3) is 0.318. The van der Waals surface area contributed by atoms with E-state index in [0.29, 0.717) is 17.4 Å². The topological polar surface area (TPSA) is 93.2 Å². The van der Waals surface area contributed by atoms with Crippen molar-refractivity contribution in [3.63, 3.8) is 0 Å². The highest BCUT2D eigenvalue weighted by Crippen LogP contribution is 2.22. The molecule has 0 amide bonds. The molecule has 4 aromatic heterocycles. The van der Waals surface area contributed by atoms with E-state index in [-0.39, 0.29) is 12.2 Å². The Morgan fingerprint density at radius 3 is 2.61 bits per heavy atom. The Morgan fingerprint density at radius 1 is 1.03 bits per heavy atom. The molecule has 1 fully saturated rings. The Kier molecular flexibility index (Phi) is 4.95. The van der Waals surface area contributed by atoms with Crippen molar-refractivity contribution in [3.8, 4) is 11.3 Å². The molecule has 4 aromatic rings. The van der Waals surface area contributed by atoms with E-state index in [1.54, 1.807) is 23.3 Å². The lowest BCUT2D eigenvalue weighted by Crippen LogP contribution is -2.44. The van der Waals surface area contributed by atoms with Crippen LogP contribution in [0, 0.1) is 0 Å². The minimum Gasteiger partial charge on any atom is -0.431 e. The van der Waals surface area contributed by atoms with E-state index in [1.165, 1.54) is 6.26 Å². The number of hydrogen-bond acceptors (Lipinski definition) is 8. The smallest absolute Gasteiger partial charge is 0.297 e. The monoisotopic (exact) mass is 417 g/mol. The van der Waals surface area contributed by atoms with Gasteiger partial charge in [0.25, 0.3) is 6.01 Å². The van der Waals surface area contributed by atoms with Gasteiger partial charge in [-0.2, -0.15) is 10.1 Å². The Labute approximate surface area is 179 Å². The van der Waals surface area contributed by atoms with Gasteiger partial charge in [-0.15, -0.1) is 0 Å². The maximum Gasteiger partial charge on any atom is 0.297 e. The Bertz CT molecular complexity index is 1240. The van der Waals surface area contributed by atoms with E-state index in [0.717, 1.165) is 48.2 Å². The zero-order chi connectivity index (χ0) is 21.4. The first-order valence-corrected chi connectivity index (χ1v) is 10.2. The number of carbonyl (C=O) groups is 1. The summed E-state index contributed by atoms with van der Waals surface area (Å²) in [5, 5.41) is 6.10. The third-order valence-electron chi connectivity index (χ3n) is 5.55. The number of hydrogen-bond donors (Lipinski definition) is 0. The number of aryl methyl sites for hydroxylation is 1. The largest absolute Gasteiger partial charge is 0.431 e. The third-order valence-corrected chi connectivity index (χ3v) is 5.55. The standard InChI is InChI=1S/C22H23N7O2/c1-27-3-5-29(6-4-27)22-26-20(14-31-22)21(30)9-18-7-15-8-19(17-12-25-28(2)13-17)24-11-16(15)10-23-18/h7-8,10-14H,3-6,9H2,1-2H3. The quantitative estimate of drug-likeness (QED) is 0.456. The van der Waals surface area contributed by atoms with Crippen LogP contribution in [-0.2, 0) is 13.5 Å². The van der Waals surface area contributed by atoms with Gasteiger partial charge in [-0.3, -0.25) is 19.4 Å². The van der Waals surface area contributed by atoms with Crippen molar-refractivity contribution in [2.45, 2.75) is 6.42 Å². The van der Waals surface area contributed by atoms with Crippen molar-refractivity contribution in [2.24, 2.45) is 7.05 Å². The molecule has 0 unspecified atom stereocenters. The van der Waals surface area contributed by atoms with Crippen LogP contribution in [0.1, 0.15) is 16.2 Å². The van der Waals surface area contributed by atoms with Gasteiger partial charge in [0.15, 0.2) is 5.78 Å². The summed E-state index contributed by atoms with van der Waals surface area (Å²) in [6.07, 6.45) is 8.84. The first kappa shape index (κ1) is 19.4. The average Bonchev–Trinajstić information content (AvgIpc) is 3.43. The molecule has 158 valence electrons. The first-order valence-electron chi connectivity index (χ1n) is 10.2. The van der Waals surface area contributed by atoms with Crippen LogP contribution in [0.4, 0.5) is 6.01 Å². The van der Waals surface area contributed by atoms with Crippen molar-refractivity contribution >= 4 is 22.6 Å². The number of pyridine rings is 2. The van der Waals surface area contributed by atoms with Crippen LogP contribution < -0.4 is 4.90 Å². The molecular weight excluding hydrogens is 394 g/mol.